The lowest BCUT2D eigenvalue weighted by atomic mass is 9.33. The maximum atomic E-state index is 15.1. The molecule has 0 spiro atoms. The standard InChI is InChI=1S/C55H71NO7/c1-50(2)44-23-26-55(7)48(53(44,5)25-24-45(50)61-36-40(57)33-56-34-46(59)62-35-37-17-11-8-12-18-37)43(58)31-41-42-32-52(4,28-27-51(42,3)29-30-54(41,55)6)49(60)63-47(38-19-13-9-14-20-38)39-21-15-10-16-22-39/h8-22,31,40,42,44-45,47-48,56-57H,23-30,32-36H2,1-7H3/t40-,42+,44+,45-,48-,51+,52-,53-,54+,55-/m1/s1. The Morgan fingerprint density at radius 3 is 2.05 bits per heavy atom. The number of rotatable bonds is 13. The van der Waals surface area contributed by atoms with Crippen LogP contribution in [0.5, 0.6) is 0 Å². The van der Waals surface area contributed by atoms with E-state index in [4.69, 9.17) is 14.2 Å². The summed E-state index contributed by atoms with van der Waals surface area (Å²) >= 11 is 0. The average molecular weight is 858 g/mol. The molecule has 0 unspecified atom stereocenters. The molecule has 0 radical (unpaired) electrons. The zero-order chi connectivity index (χ0) is 44.8. The van der Waals surface area contributed by atoms with E-state index in [2.05, 4.69) is 59.9 Å². The molecular weight excluding hydrogens is 787 g/mol. The molecule has 5 aliphatic rings. The van der Waals surface area contributed by atoms with Crippen LogP contribution in [0.1, 0.15) is 129 Å². The number of carbonyl (C=O) groups is 3. The number of benzene rings is 3. The SMILES string of the molecule is CC1(C)[C@H](OC[C@H](O)CNCC(=O)OCc2ccccc2)CC[C@@]2(C)[C@H]3C(=O)C=C4[C@@H]5C[C@](C)(C(=O)OC(c6ccccc6)c6ccccc6)CC[C@@]5(C)CC[C@]4(C)[C@]3(C)CC[C@@H]12. The van der Waals surface area contributed by atoms with Gasteiger partial charge in [-0.3, -0.25) is 14.4 Å². The molecule has 0 heterocycles. The van der Waals surface area contributed by atoms with Gasteiger partial charge in [-0.2, -0.15) is 0 Å². The predicted octanol–water partition coefficient (Wildman–Crippen LogP) is 10.4. The van der Waals surface area contributed by atoms with Crippen molar-refractivity contribution in [3.63, 3.8) is 0 Å². The molecular formula is C55H71NO7. The van der Waals surface area contributed by atoms with E-state index >= 15 is 4.79 Å². The molecule has 8 heteroatoms. The number of ether oxygens (including phenoxy) is 3. The first-order chi connectivity index (χ1) is 29.9. The highest BCUT2D eigenvalue weighted by atomic mass is 16.5. The summed E-state index contributed by atoms with van der Waals surface area (Å²) in [6.45, 7) is 17.0. The van der Waals surface area contributed by atoms with Crippen molar-refractivity contribution in [2.45, 2.75) is 131 Å². The number of allylic oxidation sites excluding steroid dienone is 2. The van der Waals surface area contributed by atoms with Crippen molar-refractivity contribution in [3.8, 4) is 0 Å². The summed E-state index contributed by atoms with van der Waals surface area (Å²) in [6.07, 6.45) is 8.91. The average Bonchev–Trinajstić information content (AvgIpc) is 3.26. The van der Waals surface area contributed by atoms with Crippen molar-refractivity contribution < 1.29 is 33.7 Å². The van der Waals surface area contributed by atoms with E-state index in [1.807, 2.05) is 91.0 Å². The van der Waals surface area contributed by atoms with Gasteiger partial charge in [-0.25, -0.2) is 0 Å². The number of fused-ring (bicyclic) bond motifs is 7. The lowest BCUT2D eigenvalue weighted by molar-refractivity contribution is -0.212. The van der Waals surface area contributed by atoms with Crippen molar-refractivity contribution in [2.24, 2.45) is 50.2 Å². The minimum atomic E-state index is -0.774. The molecule has 4 fully saturated rings. The molecule has 5 aliphatic carbocycles. The minimum Gasteiger partial charge on any atom is -0.460 e. The molecule has 3 aromatic carbocycles. The van der Waals surface area contributed by atoms with E-state index in [0.717, 1.165) is 68.1 Å². The van der Waals surface area contributed by atoms with Gasteiger partial charge in [-0.15, -0.1) is 0 Å². The summed E-state index contributed by atoms with van der Waals surface area (Å²) in [5.41, 5.74) is 2.62. The Morgan fingerprint density at radius 2 is 1.40 bits per heavy atom. The molecule has 3 aromatic rings. The Labute approximate surface area is 375 Å². The van der Waals surface area contributed by atoms with E-state index in [-0.39, 0.29) is 95.0 Å². The van der Waals surface area contributed by atoms with Gasteiger partial charge in [0.2, 0.25) is 0 Å². The molecule has 0 amide bonds. The summed E-state index contributed by atoms with van der Waals surface area (Å²) < 4.78 is 18.5. The molecule has 0 aromatic heterocycles. The van der Waals surface area contributed by atoms with Crippen LogP contribution in [0.4, 0.5) is 0 Å². The van der Waals surface area contributed by atoms with Gasteiger partial charge in [0.05, 0.1) is 30.8 Å². The van der Waals surface area contributed by atoms with Gasteiger partial charge in [-0.1, -0.05) is 138 Å². The monoisotopic (exact) mass is 858 g/mol. The van der Waals surface area contributed by atoms with Gasteiger partial charge < -0.3 is 24.6 Å². The van der Waals surface area contributed by atoms with Crippen molar-refractivity contribution >= 4 is 17.7 Å². The van der Waals surface area contributed by atoms with Crippen LogP contribution in [0.2, 0.25) is 0 Å². The zero-order valence-electron chi connectivity index (χ0n) is 38.8. The van der Waals surface area contributed by atoms with E-state index in [9.17, 15) is 14.7 Å². The molecule has 8 nitrogen and oxygen atoms in total. The first kappa shape index (κ1) is 45.5. The fourth-order valence-electron chi connectivity index (χ4n) is 13.9. The largest absolute Gasteiger partial charge is 0.460 e. The minimum absolute atomic E-state index is 0.0110. The Kier molecular flexibility index (Phi) is 12.5. The highest BCUT2D eigenvalue weighted by Crippen LogP contribution is 2.75. The van der Waals surface area contributed by atoms with Gasteiger partial charge in [0, 0.05) is 12.5 Å². The summed E-state index contributed by atoms with van der Waals surface area (Å²) in [7, 11) is 0. The lowest BCUT2D eigenvalue weighted by Gasteiger charge is -2.70. The topological polar surface area (TPSA) is 111 Å². The number of carbonyl (C=O) groups excluding carboxylic acids is 3. The van der Waals surface area contributed by atoms with Crippen LogP contribution < -0.4 is 5.32 Å². The van der Waals surface area contributed by atoms with Gasteiger partial charge in [0.15, 0.2) is 11.9 Å². The summed E-state index contributed by atoms with van der Waals surface area (Å²) in [6, 6.07) is 29.7. The van der Waals surface area contributed by atoms with Gasteiger partial charge in [-0.05, 0) is 126 Å². The predicted molar refractivity (Wildman–Crippen MR) is 245 cm³/mol. The second kappa shape index (κ2) is 17.4. The summed E-state index contributed by atoms with van der Waals surface area (Å²) in [4.78, 5) is 42.0. The molecule has 0 aliphatic heterocycles. The Morgan fingerprint density at radius 1 is 0.778 bits per heavy atom. The third kappa shape index (κ3) is 8.27. The number of ketones is 1. The normalized spacial score (nSPS) is 34.9. The Bertz CT molecular complexity index is 2120. The molecule has 2 N–H and O–H groups in total. The highest BCUT2D eigenvalue weighted by Gasteiger charge is 2.70. The van der Waals surface area contributed by atoms with E-state index in [1.54, 1.807) is 0 Å². The second-order valence-electron chi connectivity index (χ2n) is 22.0. The van der Waals surface area contributed by atoms with Crippen LogP contribution in [0.15, 0.2) is 103 Å². The van der Waals surface area contributed by atoms with Crippen LogP contribution >= 0.6 is 0 Å². The van der Waals surface area contributed by atoms with Gasteiger partial charge in [0.1, 0.15) is 6.61 Å². The molecule has 338 valence electrons. The first-order valence-corrected chi connectivity index (χ1v) is 23.7. The third-order valence-electron chi connectivity index (χ3n) is 17.8. The molecule has 10 atom stereocenters. The van der Waals surface area contributed by atoms with Crippen LogP contribution in [-0.4, -0.2) is 54.7 Å². The van der Waals surface area contributed by atoms with Crippen molar-refractivity contribution in [1.29, 1.82) is 0 Å². The number of esters is 2. The smallest absolute Gasteiger partial charge is 0.320 e. The van der Waals surface area contributed by atoms with Gasteiger partial charge in [0.25, 0.3) is 0 Å². The maximum absolute atomic E-state index is 15.1. The molecule has 4 saturated carbocycles. The van der Waals surface area contributed by atoms with Crippen LogP contribution in [0.25, 0.3) is 0 Å². The molecule has 0 saturated heterocycles. The van der Waals surface area contributed by atoms with E-state index < -0.39 is 17.6 Å². The van der Waals surface area contributed by atoms with Crippen LogP contribution in [0.3, 0.4) is 0 Å². The van der Waals surface area contributed by atoms with Crippen LogP contribution in [-0.2, 0) is 35.2 Å². The number of hydrogen-bond acceptors (Lipinski definition) is 8. The Hall–Kier alpha value is -4.11. The molecule has 0 bridgehead atoms. The number of aliphatic hydroxyl groups excluding tert-OH is 1. The highest BCUT2D eigenvalue weighted by molar-refractivity contribution is 5.95. The van der Waals surface area contributed by atoms with Crippen molar-refractivity contribution in [2.75, 3.05) is 19.7 Å². The number of hydrogen-bond donors (Lipinski definition) is 2. The second-order valence-corrected chi connectivity index (χ2v) is 22.0. The van der Waals surface area contributed by atoms with Crippen LogP contribution in [0, 0.1) is 50.2 Å². The van der Waals surface area contributed by atoms with Crippen molar-refractivity contribution in [3.05, 3.63) is 119 Å². The Balaban J connectivity index is 0.952. The fourth-order valence-corrected chi connectivity index (χ4v) is 13.9. The fraction of sp³-hybridized carbons (Fsp3) is 0.582. The van der Waals surface area contributed by atoms with Gasteiger partial charge >= 0.3 is 11.9 Å². The quantitative estimate of drug-likeness (QED) is 0.164. The third-order valence-corrected chi connectivity index (χ3v) is 17.8. The zero-order valence-corrected chi connectivity index (χ0v) is 38.8. The summed E-state index contributed by atoms with van der Waals surface area (Å²) in [5.74, 6) is 0.0110. The first-order valence-electron chi connectivity index (χ1n) is 23.7. The van der Waals surface area contributed by atoms with E-state index in [0.29, 0.717) is 6.42 Å². The number of nitrogens with one attached hydrogen (secondary N) is 1. The summed E-state index contributed by atoms with van der Waals surface area (Å²) in [5, 5.41) is 13.9. The maximum Gasteiger partial charge on any atom is 0.320 e. The van der Waals surface area contributed by atoms with Crippen molar-refractivity contribution in [1.82, 2.24) is 5.32 Å². The van der Waals surface area contributed by atoms with E-state index in [1.165, 1.54) is 5.57 Å². The lowest BCUT2D eigenvalue weighted by Crippen LogP contribution is -2.66. The number of aliphatic hydroxyl groups is 1. The molecule has 63 heavy (non-hydrogen) atoms. The molecule has 8 rings (SSSR count).